The fourth-order valence-electron chi connectivity index (χ4n) is 6.14. The highest BCUT2D eigenvalue weighted by Gasteiger charge is 2.33. The molecule has 0 aliphatic carbocycles. The number of hydrogen-bond donors (Lipinski definition) is 2. The average molecular weight is 546 g/mol. The number of ether oxygens (including phenoxy) is 1. The summed E-state index contributed by atoms with van der Waals surface area (Å²) in [5.74, 6) is 1.84. The van der Waals surface area contributed by atoms with E-state index < -0.39 is 15.1 Å². The minimum absolute atomic E-state index is 0.0637. The van der Waals surface area contributed by atoms with Gasteiger partial charge in [0, 0.05) is 23.2 Å². The quantitative estimate of drug-likeness (QED) is 0.351. The van der Waals surface area contributed by atoms with E-state index in [1.54, 1.807) is 26.0 Å². The highest BCUT2D eigenvalue weighted by Crippen LogP contribution is 2.46. The van der Waals surface area contributed by atoms with E-state index in [0.717, 1.165) is 54.7 Å². The molecule has 0 amide bonds. The lowest BCUT2D eigenvalue weighted by Crippen LogP contribution is -2.27. The predicted molar refractivity (Wildman–Crippen MR) is 153 cm³/mol. The molecular weight excluding hydrogens is 510 g/mol. The second-order valence-corrected chi connectivity index (χ2v) is 13.6. The van der Waals surface area contributed by atoms with Crippen LogP contribution < -0.4 is 10.1 Å². The van der Waals surface area contributed by atoms with Crippen LogP contribution in [0.3, 0.4) is 0 Å². The largest absolute Gasteiger partial charge is 0.489 e. The summed E-state index contributed by atoms with van der Waals surface area (Å²) < 4.78 is 33.2. The second-order valence-electron chi connectivity index (χ2n) is 11.2. The number of fused-ring (bicyclic) bond motifs is 2. The highest BCUT2D eigenvalue weighted by atomic mass is 32.2. The third-order valence-electron chi connectivity index (χ3n) is 8.09. The fraction of sp³-hybridized carbons (Fsp3) is 0.433. The van der Waals surface area contributed by atoms with Gasteiger partial charge in [0.1, 0.15) is 11.9 Å². The lowest BCUT2D eigenvalue weighted by atomic mass is 9.82. The van der Waals surface area contributed by atoms with Gasteiger partial charge < -0.3 is 10.1 Å². The number of H-pyrrole nitrogens is 1. The zero-order chi connectivity index (χ0) is 27.5. The van der Waals surface area contributed by atoms with Crippen molar-refractivity contribution < 1.29 is 13.2 Å². The Morgan fingerprint density at radius 2 is 1.79 bits per heavy atom. The molecule has 0 radical (unpaired) electrons. The minimum Gasteiger partial charge on any atom is -0.489 e. The van der Waals surface area contributed by atoms with Crippen LogP contribution in [0.2, 0.25) is 0 Å². The van der Waals surface area contributed by atoms with Gasteiger partial charge in [0.15, 0.2) is 21.3 Å². The molecule has 2 aromatic heterocycles. The molecule has 2 aromatic carbocycles. The van der Waals surface area contributed by atoms with Gasteiger partial charge in [-0.2, -0.15) is 5.10 Å². The number of piperidine rings is 1. The van der Waals surface area contributed by atoms with E-state index in [1.807, 2.05) is 19.1 Å². The molecule has 4 aromatic rings. The van der Waals surface area contributed by atoms with E-state index >= 15 is 0 Å². The standard InChI is InChI=1S/C30H35N5O3S/c1-16(2)39(36,37)24-9-7-6-8-21(24)27-26-19(5)34-35-30(26)33-29(32-27)23-14-17(3)25(20-10-12-31-13-11-20)22-15-18(4)38-28(22)23/h6-9,14,16,18,20,31H,10-13,15H2,1-5H3,(H,32,33,34,35). The lowest BCUT2D eigenvalue weighted by molar-refractivity contribution is 0.255. The summed E-state index contributed by atoms with van der Waals surface area (Å²) in [7, 11) is -3.56. The van der Waals surface area contributed by atoms with Crippen LogP contribution in [-0.2, 0) is 16.3 Å². The van der Waals surface area contributed by atoms with Crippen LogP contribution >= 0.6 is 0 Å². The number of nitrogens with zero attached hydrogens (tertiary/aromatic N) is 3. The maximum atomic E-state index is 13.4. The van der Waals surface area contributed by atoms with E-state index in [1.165, 1.54) is 16.7 Å². The number of nitrogens with one attached hydrogen (secondary N) is 2. The molecule has 2 N–H and O–H groups in total. The monoisotopic (exact) mass is 545 g/mol. The summed E-state index contributed by atoms with van der Waals surface area (Å²) >= 11 is 0. The van der Waals surface area contributed by atoms with Gasteiger partial charge in [0.2, 0.25) is 0 Å². The maximum absolute atomic E-state index is 13.4. The first-order chi connectivity index (χ1) is 18.7. The molecule has 1 fully saturated rings. The molecule has 4 heterocycles. The zero-order valence-corrected chi connectivity index (χ0v) is 23.9. The summed E-state index contributed by atoms with van der Waals surface area (Å²) in [6.45, 7) is 11.6. The number of benzene rings is 2. The van der Waals surface area contributed by atoms with Gasteiger partial charge in [-0.05, 0) is 89.7 Å². The van der Waals surface area contributed by atoms with Crippen LogP contribution in [0.15, 0.2) is 35.2 Å². The normalized spacial score (nSPS) is 18.1. The summed E-state index contributed by atoms with van der Waals surface area (Å²) in [5.41, 5.74) is 7.12. The van der Waals surface area contributed by atoms with Crippen LogP contribution in [0.5, 0.6) is 5.75 Å². The fourth-order valence-corrected chi connectivity index (χ4v) is 7.39. The van der Waals surface area contributed by atoms with Crippen molar-refractivity contribution in [3.05, 3.63) is 52.7 Å². The van der Waals surface area contributed by atoms with Gasteiger partial charge in [0.25, 0.3) is 0 Å². The van der Waals surface area contributed by atoms with Crippen molar-refractivity contribution in [2.45, 2.75) is 76.0 Å². The number of aromatic amines is 1. The predicted octanol–water partition coefficient (Wildman–Crippen LogP) is 5.28. The molecule has 204 valence electrons. The summed E-state index contributed by atoms with van der Waals surface area (Å²) in [4.78, 5) is 10.2. The molecule has 2 aliphatic heterocycles. The zero-order valence-electron chi connectivity index (χ0n) is 23.1. The van der Waals surface area contributed by atoms with Crippen LogP contribution in [0.25, 0.3) is 33.7 Å². The molecule has 1 unspecified atom stereocenters. The molecule has 6 rings (SSSR count). The first-order valence-corrected chi connectivity index (χ1v) is 15.3. The molecule has 0 saturated carbocycles. The Balaban J connectivity index is 1.60. The van der Waals surface area contributed by atoms with Gasteiger partial charge in [0.05, 0.1) is 26.8 Å². The van der Waals surface area contributed by atoms with Gasteiger partial charge in [-0.15, -0.1) is 0 Å². The van der Waals surface area contributed by atoms with Crippen LogP contribution in [0.1, 0.15) is 61.9 Å². The van der Waals surface area contributed by atoms with E-state index in [0.29, 0.717) is 28.6 Å². The SMILES string of the molecule is Cc1cc(-c2nc(-c3ccccc3S(=O)(=O)C(C)C)c3c(C)[nH]nc3n2)c2c(c1C1CCNCC1)CC(C)O2. The van der Waals surface area contributed by atoms with Gasteiger partial charge in [-0.1, -0.05) is 18.2 Å². The Morgan fingerprint density at radius 3 is 2.54 bits per heavy atom. The van der Waals surface area contributed by atoms with Gasteiger partial charge in [-0.3, -0.25) is 5.10 Å². The Kier molecular flexibility index (Phi) is 6.46. The van der Waals surface area contributed by atoms with Crippen LogP contribution in [0, 0.1) is 13.8 Å². The molecule has 39 heavy (non-hydrogen) atoms. The minimum atomic E-state index is -3.56. The van der Waals surface area contributed by atoms with Crippen LogP contribution in [-0.4, -0.2) is 53.0 Å². The Labute approximate surface area is 229 Å². The van der Waals surface area contributed by atoms with Crippen molar-refractivity contribution in [2.24, 2.45) is 0 Å². The first kappa shape index (κ1) is 26.0. The summed E-state index contributed by atoms with van der Waals surface area (Å²) in [6, 6.07) is 9.23. The highest BCUT2D eigenvalue weighted by molar-refractivity contribution is 7.92. The third-order valence-corrected chi connectivity index (χ3v) is 10.3. The third kappa shape index (κ3) is 4.32. The lowest BCUT2D eigenvalue weighted by Gasteiger charge is -2.27. The molecule has 0 bridgehead atoms. The van der Waals surface area contributed by atoms with Crippen molar-refractivity contribution in [1.82, 2.24) is 25.5 Å². The van der Waals surface area contributed by atoms with Crippen molar-refractivity contribution in [3.8, 4) is 28.4 Å². The number of hydrogen-bond acceptors (Lipinski definition) is 7. The summed E-state index contributed by atoms with van der Waals surface area (Å²) in [5, 5.41) is 11.1. The van der Waals surface area contributed by atoms with E-state index in [2.05, 4.69) is 35.4 Å². The molecule has 8 nitrogen and oxygen atoms in total. The molecule has 0 spiro atoms. The van der Waals surface area contributed by atoms with Crippen molar-refractivity contribution in [3.63, 3.8) is 0 Å². The van der Waals surface area contributed by atoms with E-state index in [4.69, 9.17) is 14.7 Å². The smallest absolute Gasteiger partial charge is 0.185 e. The molecule has 9 heteroatoms. The number of sulfone groups is 1. The second kappa shape index (κ2) is 9.71. The molecule has 1 saturated heterocycles. The van der Waals surface area contributed by atoms with E-state index in [9.17, 15) is 8.42 Å². The molecule has 1 atom stereocenters. The average Bonchev–Trinajstić information content (AvgIpc) is 3.50. The van der Waals surface area contributed by atoms with E-state index in [-0.39, 0.29) is 11.0 Å². The van der Waals surface area contributed by atoms with Crippen molar-refractivity contribution >= 4 is 20.9 Å². The van der Waals surface area contributed by atoms with Gasteiger partial charge in [-0.25, -0.2) is 18.4 Å². The molecular formula is C30H35N5O3S. The summed E-state index contributed by atoms with van der Waals surface area (Å²) in [6.07, 6.45) is 3.14. The number of aryl methyl sites for hydroxylation is 2. The van der Waals surface area contributed by atoms with Crippen LogP contribution in [0.4, 0.5) is 0 Å². The number of rotatable bonds is 5. The number of aromatic nitrogens is 4. The Hall–Kier alpha value is -3.30. The topological polar surface area (TPSA) is 110 Å². The Morgan fingerprint density at radius 1 is 1.05 bits per heavy atom. The first-order valence-electron chi connectivity index (χ1n) is 13.8. The van der Waals surface area contributed by atoms with Crippen molar-refractivity contribution in [1.29, 1.82) is 0 Å². The van der Waals surface area contributed by atoms with Crippen molar-refractivity contribution in [2.75, 3.05) is 13.1 Å². The molecule has 2 aliphatic rings. The Bertz CT molecular complexity index is 1690. The maximum Gasteiger partial charge on any atom is 0.185 e. The van der Waals surface area contributed by atoms with Gasteiger partial charge >= 0.3 is 0 Å².